The monoisotopic (exact) mass is 538 g/mol. The molecule has 0 spiro atoms. The Hall–Kier alpha value is -0.990. The highest BCUT2D eigenvalue weighted by Crippen LogP contribution is 2.43. The van der Waals surface area contributed by atoms with Gasteiger partial charge in [-0.3, -0.25) is 18.6 Å². The predicted octanol–water partition coefficient (Wildman–Crippen LogP) is 5.78. The Morgan fingerprint density at radius 1 is 0.750 bits per heavy atom. The summed E-state index contributed by atoms with van der Waals surface area (Å²) in [6, 6.07) is 0. The maximum atomic E-state index is 12.3. The van der Waals surface area contributed by atoms with E-state index < -0.39 is 32.5 Å². The molecule has 2 atom stereocenters. The number of hydrogen-bond donors (Lipinski definition) is 1. The van der Waals surface area contributed by atoms with Gasteiger partial charge in [-0.1, -0.05) is 78.1 Å². The third-order valence-corrected chi connectivity index (χ3v) is 6.59. The second-order valence-electron chi connectivity index (χ2n) is 10.4. The first-order chi connectivity index (χ1) is 17.0. The van der Waals surface area contributed by atoms with E-state index in [0.717, 1.165) is 12.8 Å². The zero-order valence-corrected chi connectivity index (χ0v) is 24.4. The van der Waals surface area contributed by atoms with Crippen molar-refractivity contribution in [2.75, 3.05) is 47.5 Å². The highest BCUT2D eigenvalue weighted by molar-refractivity contribution is 7.47. The summed E-state index contributed by atoms with van der Waals surface area (Å²) in [6.45, 7) is 3.99. The Morgan fingerprint density at radius 2 is 1.31 bits per heavy atom. The van der Waals surface area contributed by atoms with Gasteiger partial charge in [0.05, 0.1) is 27.7 Å². The summed E-state index contributed by atoms with van der Waals surface area (Å²) in [5, 5.41) is 0. The zero-order valence-electron chi connectivity index (χ0n) is 23.5. The molecule has 0 fully saturated rings. The molecule has 0 aliphatic carbocycles. The number of nitrogens with zero attached hydrogens (tertiary/aromatic N) is 1. The fourth-order valence-corrected chi connectivity index (χ4v) is 4.14. The summed E-state index contributed by atoms with van der Waals surface area (Å²) < 4.78 is 33.3. The van der Waals surface area contributed by atoms with Crippen molar-refractivity contribution >= 4 is 19.8 Å². The van der Waals surface area contributed by atoms with E-state index in [2.05, 4.69) is 6.92 Å². The molecule has 9 nitrogen and oxygen atoms in total. The van der Waals surface area contributed by atoms with Crippen LogP contribution in [-0.2, 0) is 32.7 Å². The Kier molecular flexibility index (Phi) is 20.4. The highest BCUT2D eigenvalue weighted by atomic mass is 31.2. The van der Waals surface area contributed by atoms with Crippen molar-refractivity contribution in [2.45, 2.75) is 110 Å². The molecule has 1 unspecified atom stereocenters. The van der Waals surface area contributed by atoms with Crippen LogP contribution in [0.5, 0.6) is 0 Å². The molecule has 36 heavy (non-hydrogen) atoms. The van der Waals surface area contributed by atoms with Gasteiger partial charge in [0.25, 0.3) is 0 Å². The summed E-state index contributed by atoms with van der Waals surface area (Å²) in [4.78, 5) is 34.0. The van der Waals surface area contributed by atoms with Crippen molar-refractivity contribution in [3.05, 3.63) is 0 Å². The molecule has 0 aromatic carbocycles. The number of rotatable bonds is 24. The molecule has 0 aromatic rings. The molecule has 0 heterocycles. The van der Waals surface area contributed by atoms with E-state index in [-0.39, 0.29) is 26.1 Å². The Morgan fingerprint density at radius 3 is 1.83 bits per heavy atom. The standard InChI is InChI=1S/C26H52NO8P/c1-6-8-9-10-11-12-13-14-15-16-17-19-26(29)35-24(22-32-25(28)18-7-2)23-34-36(30,31)33-21-20-27(3,4)5/h24H,6-23H2,1-5H3/p+1/t24-/m1/s1. The topological polar surface area (TPSA) is 108 Å². The first kappa shape index (κ1) is 35.0. The minimum Gasteiger partial charge on any atom is -0.462 e. The zero-order chi connectivity index (χ0) is 27.3. The Balaban J connectivity index is 4.33. The van der Waals surface area contributed by atoms with E-state index in [1.807, 2.05) is 28.1 Å². The predicted molar refractivity (Wildman–Crippen MR) is 141 cm³/mol. The van der Waals surface area contributed by atoms with Gasteiger partial charge in [0, 0.05) is 12.8 Å². The molecule has 10 heteroatoms. The van der Waals surface area contributed by atoms with Crippen molar-refractivity contribution in [2.24, 2.45) is 0 Å². The van der Waals surface area contributed by atoms with E-state index >= 15 is 0 Å². The Bertz CT molecular complexity index is 624. The lowest BCUT2D eigenvalue weighted by atomic mass is 10.1. The molecule has 0 aromatic heterocycles. The summed E-state index contributed by atoms with van der Waals surface area (Å²) >= 11 is 0. The number of esters is 2. The average Bonchev–Trinajstić information content (AvgIpc) is 2.78. The molecule has 0 saturated heterocycles. The van der Waals surface area contributed by atoms with Crippen molar-refractivity contribution in [3.63, 3.8) is 0 Å². The normalized spacial score (nSPS) is 14.3. The first-order valence-corrected chi connectivity index (χ1v) is 15.3. The molecule has 0 aliphatic heterocycles. The highest BCUT2D eigenvalue weighted by Gasteiger charge is 2.26. The van der Waals surface area contributed by atoms with Gasteiger partial charge < -0.3 is 18.9 Å². The van der Waals surface area contributed by atoms with Gasteiger partial charge in [-0.2, -0.15) is 0 Å². The van der Waals surface area contributed by atoms with Crippen molar-refractivity contribution in [1.82, 2.24) is 0 Å². The molecule has 0 bridgehead atoms. The molecule has 0 aliphatic rings. The summed E-state index contributed by atoms with van der Waals surface area (Å²) in [5.41, 5.74) is 0. The van der Waals surface area contributed by atoms with Crippen LogP contribution in [-0.4, -0.2) is 74.9 Å². The van der Waals surface area contributed by atoms with Gasteiger partial charge in [-0.25, -0.2) is 4.57 Å². The summed E-state index contributed by atoms with van der Waals surface area (Å²) in [5.74, 6) is -0.861. The van der Waals surface area contributed by atoms with Crippen LogP contribution < -0.4 is 0 Å². The number of hydrogen-bond acceptors (Lipinski definition) is 7. The summed E-state index contributed by atoms with van der Waals surface area (Å²) in [7, 11) is 1.47. The van der Waals surface area contributed by atoms with Gasteiger partial charge in [0.15, 0.2) is 6.10 Å². The number of likely N-dealkylation sites (N-methyl/N-ethyl adjacent to an activating group) is 1. The van der Waals surface area contributed by atoms with E-state index in [1.54, 1.807) is 0 Å². The maximum absolute atomic E-state index is 12.3. The van der Waals surface area contributed by atoms with Gasteiger partial charge in [0.2, 0.25) is 0 Å². The largest absolute Gasteiger partial charge is 0.472 e. The van der Waals surface area contributed by atoms with E-state index in [9.17, 15) is 19.0 Å². The smallest absolute Gasteiger partial charge is 0.462 e. The third kappa shape index (κ3) is 23.4. The van der Waals surface area contributed by atoms with E-state index in [4.69, 9.17) is 18.5 Å². The lowest BCUT2D eigenvalue weighted by molar-refractivity contribution is -0.870. The number of unbranched alkanes of at least 4 members (excludes halogenated alkanes) is 10. The van der Waals surface area contributed by atoms with Crippen molar-refractivity contribution < 1.29 is 42.1 Å². The van der Waals surface area contributed by atoms with Crippen LogP contribution in [0.2, 0.25) is 0 Å². The second kappa shape index (κ2) is 21.0. The summed E-state index contributed by atoms with van der Waals surface area (Å²) in [6.07, 6.45) is 13.1. The quantitative estimate of drug-likeness (QED) is 0.0713. The lowest BCUT2D eigenvalue weighted by Crippen LogP contribution is -2.37. The minimum absolute atomic E-state index is 0.0338. The van der Waals surface area contributed by atoms with Gasteiger partial charge in [-0.05, 0) is 12.8 Å². The van der Waals surface area contributed by atoms with Crippen LogP contribution in [0.4, 0.5) is 0 Å². The molecular weight excluding hydrogens is 485 g/mol. The van der Waals surface area contributed by atoms with Gasteiger partial charge >= 0.3 is 19.8 Å². The molecule has 0 saturated carbocycles. The van der Waals surface area contributed by atoms with Crippen LogP contribution in [0.25, 0.3) is 0 Å². The van der Waals surface area contributed by atoms with E-state index in [1.165, 1.54) is 51.4 Å². The van der Waals surface area contributed by atoms with Crippen LogP contribution in [0.1, 0.15) is 104 Å². The molecule has 0 rings (SSSR count). The maximum Gasteiger partial charge on any atom is 0.472 e. The third-order valence-electron chi connectivity index (χ3n) is 5.61. The average molecular weight is 539 g/mol. The number of phosphoric ester groups is 1. The molecule has 1 N–H and O–H groups in total. The first-order valence-electron chi connectivity index (χ1n) is 13.8. The van der Waals surface area contributed by atoms with Crippen molar-refractivity contribution in [3.8, 4) is 0 Å². The number of phosphoric acid groups is 1. The molecular formula is C26H53NO8P+. The molecule has 0 radical (unpaired) electrons. The number of carbonyl (C=O) groups excluding carboxylic acids is 2. The minimum atomic E-state index is -4.33. The van der Waals surface area contributed by atoms with Crippen molar-refractivity contribution in [1.29, 1.82) is 0 Å². The van der Waals surface area contributed by atoms with Gasteiger partial charge in [-0.15, -0.1) is 0 Å². The number of ether oxygens (including phenoxy) is 2. The number of carbonyl (C=O) groups is 2. The second-order valence-corrected chi connectivity index (χ2v) is 11.9. The SMILES string of the molecule is CCCCCCCCCCCCCC(=O)O[C@H](COC(=O)CCC)COP(=O)(O)OCC[N+](C)(C)C. The number of quaternary nitrogens is 1. The molecule has 0 amide bonds. The van der Waals surface area contributed by atoms with Crippen LogP contribution in [0, 0.1) is 0 Å². The van der Waals surface area contributed by atoms with Gasteiger partial charge in [0.1, 0.15) is 19.8 Å². The van der Waals surface area contributed by atoms with E-state index in [0.29, 0.717) is 23.9 Å². The Labute approximate surface area is 219 Å². The fourth-order valence-electron chi connectivity index (χ4n) is 3.40. The van der Waals surface area contributed by atoms with Crippen LogP contribution in [0.3, 0.4) is 0 Å². The van der Waals surface area contributed by atoms with Crippen LogP contribution >= 0.6 is 7.82 Å². The fraction of sp³-hybridized carbons (Fsp3) is 0.923. The van der Waals surface area contributed by atoms with Crippen LogP contribution in [0.15, 0.2) is 0 Å². The molecule has 214 valence electrons. The lowest BCUT2D eigenvalue weighted by Gasteiger charge is -2.24.